The molecule has 0 saturated carbocycles. The summed E-state index contributed by atoms with van der Waals surface area (Å²) < 4.78 is 13.2. The molecule has 0 aromatic heterocycles. The SMILES string of the molecule is CNC(c1ccc(F)cc1C)c1cc(Cl)ccc1Cl. The lowest BCUT2D eigenvalue weighted by Gasteiger charge is -2.21. The molecule has 19 heavy (non-hydrogen) atoms. The summed E-state index contributed by atoms with van der Waals surface area (Å²) in [6, 6.07) is 9.95. The van der Waals surface area contributed by atoms with Gasteiger partial charge >= 0.3 is 0 Å². The maximum atomic E-state index is 13.2. The van der Waals surface area contributed by atoms with Gasteiger partial charge in [0.1, 0.15) is 5.82 Å². The van der Waals surface area contributed by atoms with E-state index in [-0.39, 0.29) is 11.9 Å². The van der Waals surface area contributed by atoms with Crippen molar-refractivity contribution in [2.75, 3.05) is 7.05 Å². The Morgan fingerprint density at radius 2 is 1.79 bits per heavy atom. The van der Waals surface area contributed by atoms with E-state index in [9.17, 15) is 4.39 Å². The third-order valence-electron chi connectivity index (χ3n) is 3.10. The van der Waals surface area contributed by atoms with Crippen molar-refractivity contribution in [3.63, 3.8) is 0 Å². The van der Waals surface area contributed by atoms with E-state index in [1.54, 1.807) is 18.2 Å². The summed E-state index contributed by atoms with van der Waals surface area (Å²) >= 11 is 12.3. The number of rotatable bonds is 3. The molecular weight excluding hydrogens is 284 g/mol. The third kappa shape index (κ3) is 3.08. The van der Waals surface area contributed by atoms with Crippen LogP contribution in [0.5, 0.6) is 0 Å². The average molecular weight is 298 g/mol. The molecule has 0 amide bonds. The van der Waals surface area contributed by atoms with Crippen molar-refractivity contribution in [3.05, 3.63) is 69.0 Å². The predicted molar refractivity (Wildman–Crippen MR) is 78.5 cm³/mol. The first-order valence-corrected chi connectivity index (χ1v) is 6.66. The molecule has 0 fully saturated rings. The maximum Gasteiger partial charge on any atom is 0.123 e. The van der Waals surface area contributed by atoms with E-state index in [1.165, 1.54) is 12.1 Å². The third-order valence-corrected chi connectivity index (χ3v) is 3.68. The van der Waals surface area contributed by atoms with Crippen LogP contribution in [0.3, 0.4) is 0 Å². The van der Waals surface area contributed by atoms with Crippen LogP contribution < -0.4 is 5.32 Å². The largest absolute Gasteiger partial charge is 0.309 e. The van der Waals surface area contributed by atoms with Gasteiger partial charge in [0.05, 0.1) is 6.04 Å². The Morgan fingerprint density at radius 3 is 2.42 bits per heavy atom. The second kappa shape index (κ2) is 5.91. The molecule has 0 spiro atoms. The molecule has 2 aromatic rings. The Kier molecular flexibility index (Phi) is 4.46. The second-order valence-corrected chi connectivity index (χ2v) is 5.23. The number of hydrogen-bond donors (Lipinski definition) is 1. The highest BCUT2D eigenvalue weighted by Crippen LogP contribution is 2.32. The molecule has 100 valence electrons. The predicted octanol–water partition coefficient (Wildman–Crippen LogP) is 4.75. The molecule has 0 saturated heterocycles. The van der Waals surface area contributed by atoms with E-state index in [2.05, 4.69) is 5.32 Å². The van der Waals surface area contributed by atoms with Crippen LogP contribution in [0, 0.1) is 12.7 Å². The number of hydrogen-bond acceptors (Lipinski definition) is 1. The van der Waals surface area contributed by atoms with Gasteiger partial charge in [0, 0.05) is 10.0 Å². The Balaban J connectivity index is 2.52. The van der Waals surface area contributed by atoms with Crippen LogP contribution in [-0.4, -0.2) is 7.05 Å². The Hall–Kier alpha value is -1.09. The van der Waals surface area contributed by atoms with Gasteiger partial charge in [-0.3, -0.25) is 0 Å². The van der Waals surface area contributed by atoms with Gasteiger partial charge in [0.2, 0.25) is 0 Å². The first kappa shape index (κ1) is 14.3. The highest BCUT2D eigenvalue weighted by Gasteiger charge is 2.17. The summed E-state index contributed by atoms with van der Waals surface area (Å²) in [5, 5.41) is 4.45. The summed E-state index contributed by atoms with van der Waals surface area (Å²) in [4.78, 5) is 0. The Labute approximate surface area is 122 Å². The van der Waals surface area contributed by atoms with Gasteiger partial charge in [-0.25, -0.2) is 4.39 Å². The summed E-state index contributed by atoms with van der Waals surface area (Å²) in [5.74, 6) is -0.242. The molecular formula is C15H14Cl2FN. The smallest absolute Gasteiger partial charge is 0.123 e. The van der Waals surface area contributed by atoms with Crippen LogP contribution >= 0.6 is 23.2 Å². The lowest BCUT2D eigenvalue weighted by Crippen LogP contribution is -2.19. The molecule has 0 bridgehead atoms. The Morgan fingerprint density at radius 1 is 1.05 bits per heavy atom. The van der Waals surface area contributed by atoms with E-state index in [0.717, 1.165) is 16.7 Å². The zero-order valence-corrected chi connectivity index (χ0v) is 12.2. The van der Waals surface area contributed by atoms with Crippen LogP contribution in [0.2, 0.25) is 10.0 Å². The van der Waals surface area contributed by atoms with Crippen molar-refractivity contribution in [1.82, 2.24) is 5.32 Å². The molecule has 1 unspecified atom stereocenters. The summed E-state index contributed by atoms with van der Waals surface area (Å²) in [5.41, 5.74) is 2.73. The van der Waals surface area contributed by atoms with Gasteiger partial charge in [-0.1, -0.05) is 29.3 Å². The minimum absolute atomic E-state index is 0.119. The monoisotopic (exact) mass is 297 g/mol. The molecule has 4 heteroatoms. The first-order chi connectivity index (χ1) is 9.02. The van der Waals surface area contributed by atoms with Gasteiger partial charge in [0.25, 0.3) is 0 Å². The van der Waals surface area contributed by atoms with Gasteiger partial charge < -0.3 is 5.32 Å². The van der Waals surface area contributed by atoms with Crippen LogP contribution in [0.4, 0.5) is 4.39 Å². The summed E-state index contributed by atoms with van der Waals surface area (Å²) in [6.07, 6.45) is 0. The molecule has 0 radical (unpaired) electrons. The second-order valence-electron chi connectivity index (χ2n) is 4.39. The van der Waals surface area contributed by atoms with Crippen molar-refractivity contribution in [2.45, 2.75) is 13.0 Å². The van der Waals surface area contributed by atoms with Crippen LogP contribution in [0.1, 0.15) is 22.7 Å². The molecule has 2 rings (SSSR count). The quantitative estimate of drug-likeness (QED) is 0.862. The number of aryl methyl sites for hydroxylation is 1. The topological polar surface area (TPSA) is 12.0 Å². The standard InChI is InChI=1S/C15H14Cl2FN/c1-9-7-11(18)4-5-12(9)15(19-2)13-8-10(16)3-6-14(13)17/h3-8,15,19H,1-2H3. The van der Waals surface area contributed by atoms with E-state index in [4.69, 9.17) is 23.2 Å². The van der Waals surface area contributed by atoms with Gasteiger partial charge in [-0.05, 0) is 61.0 Å². The number of benzene rings is 2. The molecule has 1 nitrogen and oxygen atoms in total. The summed E-state index contributed by atoms with van der Waals surface area (Å²) in [6.45, 7) is 1.88. The van der Waals surface area contributed by atoms with Gasteiger partial charge in [0.15, 0.2) is 0 Å². The number of halogens is 3. The fraction of sp³-hybridized carbons (Fsp3) is 0.200. The maximum absolute atomic E-state index is 13.2. The van der Waals surface area contributed by atoms with E-state index >= 15 is 0 Å². The fourth-order valence-corrected chi connectivity index (χ4v) is 2.58. The first-order valence-electron chi connectivity index (χ1n) is 5.91. The fourth-order valence-electron chi connectivity index (χ4n) is 2.18. The zero-order chi connectivity index (χ0) is 14.0. The molecule has 2 aromatic carbocycles. The van der Waals surface area contributed by atoms with Crippen LogP contribution in [0.25, 0.3) is 0 Å². The molecule has 0 aliphatic carbocycles. The normalized spacial score (nSPS) is 12.5. The Bertz CT molecular complexity index is 599. The van der Waals surface area contributed by atoms with E-state index < -0.39 is 0 Å². The average Bonchev–Trinajstić information content (AvgIpc) is 2.36. The minimum Gasteiger partial charge on any atom is -0.309 e. The summed E-state index contributed by atoms with van der Waals surface area (Å²) in [7, 11) is 1.84. The van der Waals surface area contributed by atoms with Crippen molar-refractivity contribution in [1.29, 1.82) is 0 Å². The highest BCUT2D eigenvalue weighted by atomic mass is 35.5. The van der Waals surface area contributed by atoms with Crippen LogP contribution in [-0.2, 0) is 0 Å². The highest BCUT2D eigenvalue weighted by molar-refractivity contribution is 6.33. The van der Waals surface area contributed by atoms with Crippen LogP contribution in [0.15, 0.2) is 36.4 Å². The van der Waals surface area contributed by atoms with Crippen molar-refractivity contribution >= 4 is 23.2 Å². The molecule has 1 atom stereocenters. The van der Waals surface area contributed by atoms with Crippen molar-refractivity contribution in [2.24, 2.45) is 0 Å². The lowest BCUT2D eigenvalue weighted by molar-refractivity contribution is 0.621. The molecule has 0 aliphatic rings. The molecule has 0 heterocycles. The molecule has 0 aliphatic heterocycles. The van der Waals surface area contributed by atoms with Gasteiger partial charge in [-0.2, -0.15) is 0 Å². The minimum atomic E-state index is -0.242. The number of nitrogens with one attached hydrogen (secondary N) is 1. The van der Waals surface area contributed by atoms with Gasteiger partial charge in [-0.15, -0.1) is 0 Å². The van der Waals surface area contributed by atoms with E-state index in [0.29, 0.717) is 10.0 Å². The lowest BCUT2D eigenvalue weighted by atomic mass is 9.95. The zero-order valence-electron chi connectivity index (χ0n) is 10.7. The van der Waals surface area contributed by atoms with Crippen molar-refractivity contribution in [3.8, 4) is 0 Å². The van der Waals surface area contributed by atoms with Crippen molar-refractivity contribution < 1.29 is 4.39 Å². The molecule has 1 N–H and O–H groups in total. The van der Waals surface area contributed by atoms with E-state index in [1.807, 2.05) is 20.0 Å².